The van der Waals surface area contributed by atoms with E-state index in [1.54, 1.807) is 0 Å². The van der Waals surface area contributed by atoms with E-state index in [1.807, 2.05) is 45.9 Å². The number of nitrogens with one attached hydrogen (secondary N) is 1. The van der Waals surface area contributed by atoms with Gasteiger partial charge in [-0.2, -0.15) is 0 Å². The van der Waals surface area contributed by atoms with E-state index in [2.05, 4.69) is 27.9 Å². The Labute approximate surface area is 161 Å². The molecule has 1 fully saturated rings. The number of hydrogen-bond acceptors (Lipinski definition) is 3. The molecule has 1 unspecified atom stereocenters. The third-order valence-electron chi connectivity index (χ3n) is 3.58. The van der Waals surface area contributed by atoms with Crippen molar-refractivity contribution < 1.29 is 14.3 Å². The number of hydrogen-bond donors (Lipinski definition) is 1. The summed E-state index contributed by atoms with van der Waals surface area (Å²) in [6.45, 7) is 8.22. The summed E-state index contributed by atoms with van der Waals surface area (Å²) in [5.41, 5.74) is 0.165. The van der Waals surface area contributed by atoms with Crippen LogP contribution in [0.25, 0.3) is 0 Å². The second kappa shape index (κ2) is 7.47. The van der Waals surface area contributed by atoms with Crippen LogP contribution in [0.2, 0.25) is 0 Å². The van der Waals surface area contributed by atoms with Crippen LogP contribution in [0.4, 0.5) is 4.79 Å². The second-order valence-corrected chi connectivity index (χ2v) is 8.52. The van der Waals surface area contributed by atoms with Crippen LogP contribution >= 0.6 is 34.2 Å². The molecule has 1 heterocycles. The molecular weight excluding hydrogens is 443 g/mol. The summed E-state index contributed by atoms with van der Waals surface area (Å²) in [6, 6.07) is 0. The number of rotatable bonds is 2. The molecule has 2 aliphatic rings. The maximum atomic E-state index is 12.4. The van der Waals surface area contributed by atoms with Gasteiger partial charge in [0.15, 0.2) is 0 Å². The van der Waals surface area contributed by atoms with Crippen LogP contribution in [0.3, 0.4) is 0 Å². The number of halogens is 2. The lowest BCUT2D eigenvalue weighted by Crippen LogP contribution is -2.56. The molecule has 0 bridgehead atoms. The minimum atomic E-state index is -0.531. The predicted octanol–water partition coefficient (Wildman–Crippen LogP) is 3.94. The molecule has 0 saturated carbocycles. The van der Waals surface area contributed by atoms with E-state index < -0.39 is 5.60 Å². The maximum absolute atomic E-state index is 12.4. The first-order chi connectivity index (χ1) is 11.1. The number of ether oxygens (including phenoxy) is 1. The lowest BCUT2D eigenvalue weighted by atomic mass is 10.00. The van der Waals surface area contributed by atoms with Gasteiger partial charge in [-0.25, -0.2) is 4.79 Å². The summed E-state index contributed by atoms with van der Waals surface area (Å²) in [5, 5.41) is 3.54. The molecule has 2 rings (SSSR count). The minimum absolute atomic E-state index is 0.109. The number of nitrogens with zero attached hydrogens (tertiary/aromatic N) is 1. The van der Waals surface area contributed by atoms with Gasteiger partial charge in [-0.05, 0) is 55.4 Å². The fourth-order valence-electron chi connectivity index (χ4n) is 2.26. The Kier molecular flexibility index (Phi) is 6.01. The van der Waals surface area contributed by atoms with Gasteiger partial charge in [-0.15, -0.1) is 0 Å². The molecule has 1 aliphatic heterocycles. The van der Waals surface area contributed by atoms with E-state index in [0.717, 1.165) is 3.58 Å². The summed E-state index contributed by atoms with van der Waals surface area (Å²) in [7, 11) is 0. The molecule has 1 N–H and O–H groups in total. The van der Waals surface area contributed by atoms with Crippen molar-refractivity contribution in [1.29, 1.82) is 0 Å². The van der Waals surface area contributed by atoms with Crippen molar-refractivity contribution >= 4 is 46.2 Å². The van der Waals surface area contributed by atoms with Gasteiger partial charge in [0.2, 0.25) is 5.91 Å². The molecule has 0 radical (unpaired) electrons. The van der Waals surface area contributed by atoms with Crippen LogP contribution in [-0.2, 0) is 9.53 Å². The Hall–Kier alpha value is -1.02. The minimum Gasteiger partial charge on any atom is -0.444 e. The van der Waals surface area contributed by atoms with Crippen LogP contribution in [0.1, 0.15) is 27.7 Å². The van der Waals surface area contributed by atoms with E-state index in [1.165, 1.54) is 4.90 Å². The van der Waals surface area contributed by atoms with Crippen molar-refractivity contribution in [2.45, 2.75) is 33.3 Å². The molecule has 5 nitrogen and oxygen atoms in total. The van der Waals surface area contributed by atoms with Crippen molar-refractivity contribution in [3.05, 3.63) is 32.5 Å². The fraction of sp³-hybridized carbons (Fsp3) is 0.529. The second-order valence-electron chi connectivity index (χ2n) is 7.03. The number of carbonyl (C=O) groups is 2. The Bertz CT molecular complexity index is 628. The smallest absolute Gasteiger partial charge is 0.410 e. The van der Waals surface area contributed by atoms with Crippen LogP contribution in [-0.4, -0.2) is 35.6 Å². The zero-order chi connectivity index (χ0) is 18.1. The van der Waals surface area contributed by atoms with Gasteiger partial charge in [0.25, 0.3) is 0 Å². The summed E-state index contributed by atoms with van der Waals surface area (Å²) < 4.78 is 6.10. The third kappa shape index (κ3) is 4.99. The number of likely N-dealkylation sites (tertiary alicyclic amines) is 1. The van der Waals surface area contributed by atoms with Crippen LogP contribution in [0.5, 0.6) is 0 Å². The van der Waals surface area contributed by atoms with E-state index in [-0.39, 0.29) is 23.8 Å². The molecular formula is C17H22ClIN2O3. The highest BCUT2D eigenvalue weighted by Crippen LogP contribution is 2.30. The SMILES string of the molecule is CC1C=CC(NC(=O)C2CN(C(=O)OC(C)(C)C)C2)=C(I)C(Cl)=C1. The van der Waals surface area contributed by atoms with Crippen molar-refractivity contribution in [3.63, 3.8) is 0 Å². The highest BCUT2D eigenvalue weighted by atomic mass is 127. The van der Waals surface area contributed by atoms with Crippen molar-refractivity contribution in [1.82, 2.24) is 10.2 Å². The maximum Gasteiger partial charge on any atom is 0.410 e. The molecule has 132 valence electrons. The summed E-state index contributed by atoms with van der Waals surface area (Å²) in [5.74, 6) is -0.128. The molecule has 0 aromatic carbocycles. The molecule has 7 heteroatoms. The van der Waals surface area contributed by atoms with E-state index in [4.69, 9.17) is 16.3 Å². The Morgan fingerprint density at radius 3 is 2.58 bits per heavy atom. The molecule has 1 aliphatic carbocycles. The van der Waals surface area contributed by atoms with Gasteiger partial charge >= 0.3 is 6.09 Å². The third-order valence-corrected chi connectivity index (χ3v) is 5.38. The van der Waals surface area contributed by atoms with Gasteiger partial charge in [-0.3, -0.25) is 4.79 Å². The Morgan fingerprint density at radius 2 is 2.00 bits per heavy atom. The van der Waals surface area contributed by atoms with Gasteiger partial charge in [0, 0.05) is 13.1 Å². The van der Waals surface area contributed by atoms with Crippen molar-refractivity contribution in [2.75, 3.05) is 13.1 Å². The molecule has 2 amide bonds. The Morgan fingerprint density at radius 1 is 1.38 bits per heavy atom. The summed E-state index contributed by atoms with van der Waals surface area (Å²) in [4.78, 5) is 25.8. The average Bonchev–Trinajstić information content (AvgIpc) is 2.48. The summed E-state index contributed by atoms with van der Waals surface area (Å²) in [6.07, 6.45) is 5.42. The average molecular weight is 465 g/mol. The van der Waals surface area contributed by atoms with Crippen molar-refractivity contribution in [2.24, 2.45) is 11.8 Å². The molecule has 0 aromatic rings. The fourth-order valence-corrected chi connectivity index (χ4v) is 3.06. The Balaban J connectivity index is 1.91. The highest BCUT2D eigenvalue weighted by molar-refractivity contribution is 14.1. The number of carbonyl (C=O) groups excluding carboxylic acids is 2. The largest absolute Gasteiger partial charge is 0.444 e. The standard InChI is InChI=1S/C17H22ClIN2O3/c1-10-5-6-13(14(19)12(18)7-10)20-15(22)11-8-21(9-11)16(23)24-17(2,3)4/h5-7,10-11H,8-9H2,1-4H3,(H,20,22). The van der Waals surface area contributed by atoms with Gasteiger partial charge in [0.1, 0.15) is 5.60 Å². The first-order valence-electron chi connectivity index (χ1n) is 7.81. The van der Waals surface area contributed by atoms with Gasteiger partial charge < -0.3 is 15.0 Å². The number of amides is 2. The molecule has 0 spiro atoms. The van der Waals surface area contributed by atoms with Crippen LogP contribution in [0.15, 0.2) is 32.5 Å². The predicted molar refractivity (Wildman–Crippen MR) is 103 cm³/mol. The van der Waals surface area contributed by atoms with E-state index in [0.29, 0.717) is 23.8 Å². The van der Waals surface area contributed by atoms with E-state index in [9.17, 15) is 9.59 Å². The zero-order valence-corrected chi connectivity index (χ0v) is 17.1. The lowest BCUT2D eigenvalue weighted by molar-refractivity contribution is -0.128. The topological polar surface area (TPSA) is 58.6 Å². The van der Waals surface area contributed by atoms with Gasteiger partial charge in [-0.1, -0.05) is 30.7 Å². The number of allylic oxidation sites excluding steroid dienone is 5. The normalized spacial score (nSPS) is 21.8. The summed E-state index contributed by atoms with van der Waals surface area (Å²) >= 11 is 8.36. The lowest BCUT2D eigenvalue weighted by Gasteiger charge is -2.38. The monoisotopic (exact) mass is 464 g/mol. The molecule has 0 aromatic heterocycles. The van der Waals surface area contributed by atoms with E-state index >= 15 is 0 Å². The molecule has 24 heavy (non-hydrogen) atoms. The zero-order valence-electron chi connectivity index (χ0n) is 14.2. The quantitative estimate of drug-likeness (QED) is 0.630. The van der Waals surface area contributed by atoms with Crippen LogP contribution < -0.4 is 5.32 Å². The highest BCUT2D eigenvalue weighted by Gasteiger charge is 2.38. The first kappa shape index (κ1) is 19.3. The van der Waals surface area contributed by atoms with Gasteiger partial charge in [0.05, 0.1) is 20.2 Å². The molecule has 1 atom stereocenters. The van der Waals surface area contributed by atoms with Crippen LogP contribution in [0, 0.1) is 11.8 Å². The van der Waals surface area contributed by atoms with Crippen molar-refractivity contribution in [3.8, 4) is 0 Å². The first-order valence-corrected chi connectivity index (χ1v) is 9.27. The molecule has 1 saturated heterocycles.